The fourth-order valence-electron chi connectivity index (χ4n) is 2.06. The Balaban J connectivity index is 2.21. The van der Waals surface area contributed by atoms with Crippen LogP contribution in [0.2, 0.25) is 0 Å². The number of ether oxygens (including phenoxy) is 1. The van der Waals surface area contributed by atoms with Crippen LogP contribution in [-0.2, 0) is 0 Å². The monoisotopic (exact) mass is 353 g/mol. The van der Waals surface area contributed by atoms with Gasteiger partial charge in [0.15, 0.2) is 0 Å². The van der Waals surface area contributed by atoms with Crippen LogP contribution in [0.15, 0.2) is 27.2 Å². The van der Waals surface area contributed by atoms with Gasteiger partial charge in [-0.1, -0.05) is 19.0 Å². The first-order chi connectivity index (χ1) is 10.1. The molecule has 0 spiro atoms. The largest absolute Gasteiger partial charge is 0.496 e. The van der Waals surface area contributed by atoms with Gasteiger partial charge in [-0.2, -0.15) is 4.98 Å². The van der Waals surface area contributed by atoms with Crippen molar-refractivity contribution in [2.75, 3.05) is 13.7 Å². The lowest BCUT2D eigenvalue weighted by Crippen LogP contribution is -2.30. The molecular formula is C15H20BrN3O2. The third-order valence-corrected chi connectivity index (χ3v) is 4.14. The zero-order valence-electron chi connectivity index (χ0n) is 12.7. The molecule has 0 saturated carbocycles. The fourth-order valence-corrected chi connectivity index (χ4v) is 2.60. The van der Waals surface area contributed by atoms with Crippen molar-refractivity contribution < 1.29 is 9.26 Å². The number of hydrogen-bond donors (Lipinski definition) is 1. The summed E-state index contributed by atoms with van der Waals surface area (Å²) in [7, 11) is 1.63. The van der Waals surface area contributed by atoms with E-state index in [4.69, 9.17) is 9.26 Å². The van der Waals surface area contributed by atoms with Crippen LogP contribution >= 0.6 is 15.9 Å². The Hall–Kier alpha value is -1.40. The highest BCUT2D eigenvalue weighted by Crippen LogP contribution is 2.30. The van der Waals surface area contributed by atoms with Crippen LogP contribution in [0.1, 0.15) is 32.6 Å². The summed E-state index contributed by atoms with van der Waals surface area (Å²) >= 11 is 3.46. The topological polar surface area (TPSA) is 60.2 Å². The second-order valence-electron chi connectivity index (χ2n) is 4.94. The van der Waals surface area contributed by atoms with Gasteiger partial charge in [0.05, 0.1) is 17.5 Å². The number of nitrogens with zero attached hydrogens (tertiary/aromatic N) is 2. The number of rotatable bonds is 6. The normalized spacial score (nSPS) is 14.0. The maximum atomic E-state index is 5.40. The van der Waals surface area contributed by atoms with Crippen molar-refractivity contribution in [3.05, 3.63) is 28.6 Å². The van der Waals surface area contributed by atoms with Gasteiger partial charge in [-0.3, -0.25) is 0 Å². The Labute approximate surface area is 133 Å². The molecule has 2 rings (SSSR count). The van der Waals surface area contributed by atoms with Crippen molar-refractivity contribution in [1.82, 2.24) is 15.5 Å². The lowest BCUT2D eigenvalue weighted by atomic mass is 10.0. The lowest BCUT2D eigenvalue weighted by molar-refractivity contribution is 0.332. The van der Waals surface area contributed by atoms with E-state index in [2.05, 4.69) is 52.2 Å². The molecule has 0 radical (unpaired) electrons. The zero-order chi connectivity index (χ0) is 15.4. The average molecular weight is 354 g/mol. The number of benzene rings is 1. The van der Waals surface area contributed by atoms with Crippen LogP contribution in [0.4, 0.5) is 0 Å². The summed E-state index contributed by atoms with van der Waals surface area (Å²) < 4.78 is 11.5. The summed E-state index contributed by atoms with van der Waals surface area (Å²) in [5.41, 5.74) is 0.890. The van der Waals surface area contributed by atoms with Crippen LogP contribution in [0, 0.1) is 0 Å². The van der Waals surface area contributed by atoms with Crippen molar-refractivity contribution in [3.63, 3.8) is 0 Å². The Kier molecular flexibility index (Phi) is 5.36. The van der Waals surface area contributed by atoms with E-state index >= 15 is 0 Å². The smallest absolute Gasteiger partial charge is 0.231 e. The van der Waals surface area contributed by atoms with Crippen molar-refractivity contribution in [2.45, 2.75) is 32.7 Å². The van der Waals surface area contributed by atoms with Crippen LogP contribution < -0.4 is 10.1 Å². The van der Waals surface area contributed by atoms with Crippen LogP contribution in [-0.4, -0.2) is 29.8 Å². The second kappa shape index (κ2) is 7.04. The van der Waals surface area contributed by atoms with E-state index in [0.29, 0.717) is 11.7 Å². The molecule has 0 fully saturated rings. The van der Waals surface area contributed by atoms with Gasteiger partial charge in [0.25, 0.3) is 0 Å². The van der Waals surface area contributed by atoms with Gasteiger partial charge in [0.1, 0.15) is 5.75 Å². The van der Waals surface area contributed by atoms with Crippen molar-refractivity contribution in [3.8, 4) is 17.1 Å². The highest BCUT2D eigenvalue weighted by atomic mass is 79.9. The number of aromatic nitrogens is 2. The molecule has 114 valence electrons. The molecule has 2 aromatic rings. The summed E-state index contributed by atoms with van der Waals surface area (Å²) in [4.78, 5) is 4.50. The summed E-state index contributed by atoms with van der Waals surface area (Å²) in [6, 6.07) is 5.99. The molecule has 2 atom stereocenters. The minimum Gasteiger partial charge on any atom is -0.496 e. The van der Waals surface area contributed by atoms with E-state index < -0.39 is 0 Å². The van der Waals surface area contributed by atoms with Gasteiger partial charge in [0, 0.05) is 11.6 Å². The lowest BCUT2D eigenvalue weighted by Gasteiger charge is -2.16. The molecule has 0 aliphatic carbocycles. The van der Waals surface area contributed by atoms with Gasteiger partial charge in [0.2, 0.25) is 11.7 Å². The molecule has 0 aliphatic heterocycles. The molecule has 0 saturated heterocycles. The van der Waals surface area contributed by atoms with E-state index in [1.165, 1.54) is 0 Å². The quantitative estimate of drug-likeness (QED) is 0.859. The SMILES string of the molecule is CCNC(C)C(C)c1nc(-c2ccc(OC)c(Br)c2)no1. The molecule has 1 aromatic heterocycles. The molecule has 0 bridgehead atoms. The van der Waals surface area contributed by atoms with Gasteiger partial charge < -0.3 is 14.6 Å². The molecule has 1 aromatic carbocycles. The van der Waals surface area contributed by atoms with Gasteiger partial charge >= 0.3 is 0 Å². The molecule has 21 heavy (non-hydrogen) atoms. The molecule has 5 nitrogen and oxygen atoms in total. The average Bonchev–Trinajstić information content (AvgIpc) is 2.96. The highest BCUT2D eigenvalue weighted by molar-refractivity contribution is 9.10. The first-order valence-electron chi connectivity index (χ1n) is 6.97. The summed E-state index contributed by atoms with van der Waals surface area (Å²) in [6.07, 6.45) is 0. The number of hydrogen-bond acceptors (Lipinski definition) is 5. The number of likely N-dealkylation sites (N-methyl/N-ethyl adjacent to an activating group) is 1. The summed E-state index contributed by atoms with van der Waals surface area (Å²) in [6.45, 7) is 7.19. The molecule has 6 heteroatoms. The van der Waals surface area contributed by atoms with E-state index in [0.717, 1.165) is 22.3 Å². The predicted molar refractivity (Wildman–Crippen MR) is 85.5 cm³/mol. The van der Waals surface area contributed by atoms with Crippen LogP contribution in [0.3, 0.4) is 0 Å². The Morgan fingerprint density at radius 3 is 2.76 bits per heavy atom. The van der Waals surface area contributed by atoms with E-state index in [1.807, 2.05) is 18.2 Å². The molecule has 0 aliphatic rings. The van der Waals surface area contributed by atoms with E-state index in [1.54, 1.807) is 7.11 Å². The Morgan fingerprint density at radius 2 is 2.14 bits per heavy atom. The first kappa shape index (κ1) is 16.0. The van der Waals surface area contributed by atoms with Crippen LogP contribution in [0.5, 0.6) is 5.75 Å². The fraction of sp³-hybridized carbons (Fsp3) is 0.467. The number of methoxy groups -OCH3 is 1. The van der Waals surface area contributed by atoms with Crippen molar-refractivity contribution in [2.24, 2.45) is 0 Å². The van der Waals surface area contributed by atoms with Crippen molar-refractivity contribution in [1.29, 1.82) is 0 Å². The Bertz CT molecular complexity index is 600. The molecule has 2 unspecified atom stereocenters. The Morgan fingerprint density at radius 1 is 1.38 bits per heavy atom. The zero-order valence-corrected chi connectivity index (χ0v) is 14.3. The predicted octanol–water partition coefficient (Wildman–Crippen LogP) is 3.61. The van der Waals surface area contributed by atoms with Gasteiger partial charge in [-0.15, -0.1) is 0 Å². The first-order valence-corrected chi connectivity index (χ1v) is 7.77. The van der Waals surface area contributed by atoms with Gasteiger partial charge in [-0.05, 0) is 47.6 Å². The molecule has 1 N–H and O–H groups in total. The third kappa shape index (κ3) is 3.63. The van der Waals surface area contributed by atoms with E-state index in [-0.39, 0.29) is 12.0 Å². The maximum Gasteiger partial charge on any atom is 0.231 e. The number of nitrogens with one attached hydrogen (secondary N) is 1. The van der Waals surface area contributed by atoms with Crippen molar-refractivity contribution >= 4 is 15.9 Å². The number of halogens is 1. The summed E-state index contributed by atoms with van der Waals surface area (Å²) in [5.74, 6) is 2.17. The van der Waals surface area contributed by atoms with E-state index in [9.17, 15) is 0 Å². The maximum absolute atomic E-state index is 5.40. The van der Waals surface area contributed by atoms with Crippen LogP contribution in [0.25, 0.3) is 11.4 Å². The third-order valence-electron chi connectivity index (χ3n) is 3.52. The minimum absolute atomic E-state index is 0.160. The summed E-state index contributed by atoms with van der Waals surface area (Å²) in [5, 5.41) is 7.44. The standard InChI is InChI=1S/C15H20BrN3O2/c1-5-17-10(3)9(2)15-18-14(19-21-15)11-6-7-13(20-4)12(16)8-11/h6-10,17H,5H2,1-4H3. The highest BCUT2D eigenvalue weighted by Gasteiger charge is 2.20. The molecule has 1 heterocycles. The second-order valence-corrected chi connectivity index (χ2v) is 5.79. The minimum atomic E-state index is 0.160. The molecule has 0 amide bonds. The molecular weight excluding hydrogens is 334 g/mol. The van der Waals surface area contributed by atoms with Gasteiger partial charge in [-0.25, -0.2) is 0 Å².